The molecule has 2 heterocycles. The van der Waals surface area contributed by atoms with Gasteiger partial charge in [-0.15, -0.1) is 0 Å². The first-order valence-electron chi connectivity index (χ1n) is 11.5. The molecule has 33 heavy (non-hydrogen) atoms. The minimum Gasteiger partial charge on any atom is -0.352 e. The molecule has 1 aromatic rings. The number of likely N-dealkylation sites (tertiary alicyclic amines) is 1. The number of hydrogen-bond acceptors (Lipinski definition) is 3. The van der Waals surface area contributed by atoms with Gasteiger partial charge in [-0.1, -0.05) is 48.2 Å². The number of carbonyl (C=O) groups is 2. The molecule has 2 aliphatic heterocycles. The summed E-state index contributed by atoms with van der Waals surface area (Å²) in [5, 5.41) is 3.89. The summed E-state index contributed by atoms with van der Waals surface area (Å²) in [7, 11) is 0. The second kappa shape index (κ2) is 12.8. The maximum Gasteiger partial charge on any atom is 0.253 e. The summed E-state index contributed by atoms with van der Waals surface area (Å²) in [5.74, 6) is 0.594. The smallest absolute Gasteiger partial charge is 0.253 e. The van der Waals surface area contributed by atoms with Crippen LogP contribution in [-0.4, -0.2) is 42.1 Å². The van der Waals surface area contributed by atoms with E-state index in [0.29, 0.717) is 40.1 Å². The maximum atomic E-state index is 12.7. The van der Waals surface area contributed by atoms with Crippen LogP contribution in [0.25, 0.3) is 0 Å². The fraction of sp³-hybridized carbons (Fsp3) is 0.423. The van der Waals surface area contributed by atoms with E-state index in [1.165, 1.54) is 0 Å². The van der Waals surface area contributed by atoms with Crippen molar-refractivity contribution in [2.75, 3.05) is 19.6 Å². The zero-order chi connectivity index (χ0) is 23.6. The van der Waals surface area contributed by atoms with Crippen LogP contribution in [-0.2, 0) is 4.79 Å². The van der Waals surface area contributed by atoms with Gasteiger partial charge in [-0.3, -0.25) is 14.6 Å². The first-order valence-corrected chi connectivity index (χ1v) is 12.3. The van der Waals surface area contributed by atoms with Crippen molar-refractivity contribution in [1.82, 2.24) is 10.2 Å². The van der Waals surface area contributed by atoms with Crippen LogP contribution in [0.15, 0.2) is 59.3 Å². The van der Waals surface area contributed by atoms with Crippen molar-refractivity contribution in [3.63, 3.8) is 0 Å². The van der Waals surface area contributed by atoms with Crippen LogP contribution < -0.4 is 5.32 Å². The average Bonchev–Trinajstić information content (AvgIpc) is 2.92. The predicted octanol–water partition coefficient (Wildman–Crippen LogP) is 5.99. The van der Waals surface area contributed by atoms with Crippen LogP contribution in [0.2, 0.25) is 10.0 Å². The summed E-state index contributed by atoms with van der Waals surface area (Å²) in [6.45, 7) is 4.10. The Morgan fingerprint density at radius 3 is 2.67 bits per heavy atom. The Morgan fingerprint density at radius 1 is 1.12 bits per heavy atom. The van der Waals surface area contributed by atoms with Crippen LogP contribution in [0.5, 0.6) is 0 Å². The van der Waals surface area contributed by atoms with Crippen molar-refractivity contribution in [2.45, 2.75) is 45.4 Å². The topological polar surface area (TPSA) is 61.8 Å². The van der Waals surface area contributed by atoms with Gasteiger partial charge in [0.05, 0.1) is 10.0 Å². The highest BCUT2D eigenvalue weighted by Crippen LogP contribution is 2.26. The Labute approximate surface area is 206 Å². The molecule has 0 unspecified atom stereocenters. The molecule has 2 aliphatic rings. The highest BCUT2D eigenvalue weighted by atomic mass is 35.5. The van der Waals surface area contributed by atoms with E-state index in [1.807, 2.05) is 36.1 Å². The Bertz CT molecular complexity index is 974. The van der Waals surface area contributed by atoms with E-state index in [4.69, 9.17) is 23.2 Å². The van der Waals surface area contributed by atoms with E-state index >= 15 is 0 Å². The summed E-state index contributed by atoms with van der Waals surface area (Å²) < 4.78 is 0. The number of aliphatic imine (C=N–C) groups is 1. The molecule has 0 radical (unpaired) electrons. The zero-order valence-corrected chi connectivity index (χ0v) is 20.5. The van der Waals surface area contributed by atoms with Gasteiger partial charge in [-0.25, -0.2) is 0 Å². The number of hydrogen-bond donors (Lipinski definition) is 1. The van der Waals surface area contributed by atoms with Crippen molar-refractivity contribution < 1.29 is 9.59 Å². The molecule has 5 nitrogen and oxygen atoms in total. The van der Waals surface area contributed by atoms with Crippen molar-refractivity contribution in [2.24, 2.45) is 10.9 Å². The van der Waals surface area contributed by atoms with E-state index in [1.54, 1.807) is 24.4 Å². The molecule has 1 aromatic carbocycles. The quantitative estimate of drug-likeness (QED) is 0.479. The minimum atomic E-state index is -0.0385. The van der Waals surface area contributed by atoms with Gasteiger partial charge in [0.2, 0.25) is 0 Å². The number of piperidine rings is 1. The SMILES string of the molecule is CC1=N/C=C\C/C=C(\C(=O)NCCCCC2CCN(C(=O)c3ccc(Cl)c(Cl)c3)CC2)C=C1. The normalized spacial score (nSPS) is 19.5. The number of unbranched alkanes of at least 4 members (excludes halogenated alkanes) is 1. The van der Waals surface area contributed by atoms with Crippen molar-refractivity contribution >= 4 is 40.7 Å². The molecule has 0 saturated carbocycles. The second-order valence-corrected chi connectivity index (χ2v) is 9.31. The fourth-order valence-electron chi connectivity index (χ4n) is 4.01. The molecule has 0 aliphatic carbocycles. The molecule has 1 fully saturated rings. The molecule has 0 atom stereocenters. The van der Waals surface area contributed by atoms with Gasteiger partial charge in [0.15, 0.2) is 0 Å². The lowest BCUT2D eigenvalue weighted by molar-refractivity contribution is -0.117. The number of nitrogens with zero attached hydrogens (tertiary/aromatic N) is 2. The Hall–Kier alpha value is -2.37. The molecule has 7 heteroatoms. The zero-order valence-electron chi connectivity index (χ0n) is 19.0. The van der Waals surface area contributed by atoms with Gasteiger partial charge in [-0.2, -0.15) is 0 Å². The molecule has 3 rings (SSSR count). The van der Waals surface area contributed by atoms with E-state index < -0.39 is 0 Å². The standard InChI is InChI=1S/C26H31Cl2N3O2/c1-19-8-9-21(7-3-5-14-29-19)25(32)30-15-4-2-6-20-12-16-31(17-13-20)26(33)22-10-11-23(27)24(28)18-22/h5,7-11,14,18,20H,2-4,6,12-13,15-17H2,1H3,(H,30,32)/b9-8?,14-5-,21-7-,29-19?. The number of nitrogens with one attached hydrogen (secondary N) is 1. The molecular weight excluding hydrogens is 457 g/mol. The van der Waals surface area contributed by atoms with Crippen LogP contribution in [0, 0.1) is 5.92 Å². The number of carbonyl (C=O) groups excluding carboxylic acids is 2. The van der Waals surface area contributed by atoms with Crippen LogP contribution in [0.1, 0.15) is 55.8 Å². The van der Waals surface area contributed by atoms with Gasteiger partial charge in [0.1, 0.15) is 0 Å². The highest BCUT2D eigenvalue weighted by molar-refractivity contribution is 6.42. The van der Waals surface area contributed by atoms with Gasteiger partial charge in [0.25, 0.3) is 11.8 Å². The minimum absolute atomic E-state index is 0.0139. The molecule has 0 aromatic heterocycles. The first kappa shape index (κ1) is 25.3. The van der Waals surface area contributed by atoms with Gasteiger partial charge >= 0.3 is 0 Å². The molecule has 176 valence electrons. The number of halogens is 2. The summed E-state index contributed by atoms with van der Waals surface area (Å²) in [5.41, 5.74) is 2.13. The van der Waals surface area contributed by atoms with E-state index in [2.05, 4.69) is 10.3 Å². The van der Waals surface area contributed by atoms with Crippen LogP contribution in [0.3, 0.4) is 0 Å². The summed E-state index contributed by atoms with van der Waals surface area (Å²) in [6, 6.07) is 5.04. The monoisotopic (exact) mass is 487 g/mol. The van der Waals surface area contributed by atoms with E-state index in [-0.39, 0.29) is 11.8 Å². The predicted molar refractivity (Wildman–Crippen MR) is 136 cm³/mol. The highest BCUT2D eigenvalue weighted by Gasteiger charge is 2.23. The molecule has 0 bridgehead atoms. The van der Waals surface area contributed by atoms with Crippen LogP contribution >= 0.6 is 23.2 Å². The largest absolute Gasteiger partial charge is 0.352 e. The fourth-order valence-corrected chi connectivity index (χ4v) is 4.31. The lowest BCUT2D eigenvalue weighted by atomic mass is 9.91. The van der Waals surface area contributed by atoms with E-state index in [9.17, 15) is 9.59 Å². The molecule has 1 saturated heterocycles. The third-order valence-corrected chi connectivity index (χ3v) is 6.76. The lowest BCUT2D eigenvalue weighted by Crippen LogP contribution is -2.38. The Kier molecular flexibility index (Phi) is 9.76. The maximum absolute atomic E-state index is 12.7. The molecule has 2 amide bonds. The van der Waals surface area contributed by atoms with Gasteiger partial charge < -0.3 is 10.2 Å². The second-order valence-electron chi connectivity index (χ2n) is 8.50. The van der Waals surface area contributed by atoms with Crippen molar-refractivity contribution in [1.29, 1.82) is 0 Å². The van der Waals surface area contributed by atoms with Crippen molar-refractivity contribution in [3.8, 4) is 0 Å². The van der Waals surface area contributed by atoms with Gasteiger partial charge in [0, 0.05) is 42.7 Å². The van der Waals surface area contributed by atoms with Crippen molar-refractivity contribution in [3.05, 3.63) is 69.9 Å². The number of benzene rings is 1. The number of allylic oxidation sites excluding steroid dienone is 3. The molecular formula is C26H31Cl2N3O2. The third kappa shape index (κ3) is 7.86. The van der Waals surface area contributed by atoms with E-state index in [0.717, 1.165) is 50.9 Å². The van der Waals surface area contributed by atoms with Gasteiger partial charge in [-0.05, 0) is 68.9 Å². The first-order chi connectivity index (χ1) is 15.9. The molecule has 0 spiro atoms. The summed E-state index contributed by atoms with van der Waals surface area (Å²) >= 11 is 12.0. The number of amides is 2. The van der Waals surface area contributed by atoms with Crippen LogP contribution in [0.4, 0.5) is 0 Å². The number of rotatable bonds is 7. The average molecular weight is 488 g/mol. The third-order valence-electron chi connectivity index (χ3n) is 6.02. The lowest BCUT2D eigenvalue weighted by Gasteiger charge is -2.32. The summed E-state index contributed by atoms with van der Waals surface area (Å²) in [4.78, 5) is 31.3. The Balaban J connectivity index is 1.34. The summed E-state index contributed by atoms with van der Waals surface area (Å²) in [6.07, 6.45) is 15.1. The Morgan fingerprint density at radius 2 is 1.91 bits per heavy atom. The molecule has 1 N–H and O–H groups in total.